The number of thiazole rings is 1. The second kappa shape index (κ2) is 10.7. The van der Waals surface area contributed by atoms with E-state index in [1.54, 1.807) is 18.3 Å². The van der Waals surface area contributed by atoms with E-state index in [1.165, 1.54) is 0 Å². The number of pyridine rings is 1. The standard InChI is InChI=1S/C34H31ClN4O2S/c1-19-15-27-32(30(21-9-11-25(35)12-10-21)29(19)31(20(2)40)41-34(3,4)5)42-33(38-27)23-13-14-36-26(16-23)22-7-8-24-18-37-39(6)28(24)17-22/h7-18,31H,1-6H3/t31-/m1/s1. The minimum Gasteiger partial charge on any atom is -0.360 e. The van der Waals surface area contributed by atoms with Gasteiger partial charge in [0.25, 0.3) is 0 Å². The molecular formula is C34H31ClN4O2S. The molecule has 42 heavy (non-hydrogen) atoms. The Labute approximate surface area is 254 Å². The van der Waals surface area contributed by atoms with E-state index in [4.69, 9.17) is 21.3 Å². The second-order valence-corrected chi connectivity index (χ2v) is 13.0. The Kier molecular flexibility index (Phi) is 7.21. The maximum absolute atomic E-state index is 13.1. The number of halogens is 1. The number of rotatable bonds is 6. The molecular weight excluding hydrogens is 564 g/mol. The Morgan fingerprint density at radius 1 is 1.00 bits per heavy atom. The summed E-state index contributed by atoms with van der Waals surface area (Å²) in [6.45, 7) is 9.52. The third-order valence-corrected chi connectivity index (χ3v) is 8.61. The number of Topliss-reactive ketones (excluding diaryl/α,β-unsaturated/α-hetero) is 1. The average Bonchev–Trinajstić information content (AvgIpc) is 3.54. The highest BCUT2D eigenvalue weighted by molar-refractivity contribution is 7.22. The van der Waals surface area contributed by atoms with Crippen LogP contribution in [0.25, 0.3) is 54.1 Å². The van der Waals surface area contributed by atoms with Gasteiger partial charge < -0.3 is 4.74 Å². The van der Waals surface area contributed by atoms with Crippen LogP contribution in [0.2, 0.25) is 5.02 Å². The lowest BCUT2D eigenvalue weighted by atomic mass is 9.90. The predicted molar refractivity (Wildman–Crippen MR) is 172 cm³/mol. The summed E-state index contributed by atoms with van der Waals surface area (Å²) in [5.41, 5.74) is 7.98. The van der Waals surface area contributed by atoms with Crippen molar-refractivity contribution >= 4 is 49.8 Å². The van der Waals surface area contributed by atoms with Crippen LogP contribution in [-0.4, -0.2) is 31.1 Å². The van der Waals surface area contributed by atoms with Gasteiger partial charge in [-0.1, -0.05) is 35.9 Å². The molecule has 0 unspecified atom stereocenters. The van der Waals surface area contributed by atoms with Gasteiger partial charge in [0.15, 0.2) is 5.78 Å². The van der Waals surface area contributed by atoms with Crippen molar-refractivity contribution in [2.24, 2.45) is 7.05 Å². The number of hydrogen-bond donors (Lipinski definition) is 0. The predicted octanol–water partition coefficient (Wildman–Crippen LogP) is 8.99. The molecule has 0 bridgehead atoms. The lowest BCUT2D eigenvalue weighted by Crippen LogP contribution is -2.27. The van der Waals surface area contributed by atoms with Crippen molar-refractivity contribution in [1.29, 1.82) is 0 Å². The van der Waals surface area contributed by atoms with Crippen LogP contribution in [0.5, 0.6) is 0 Å². The Morgan fingerprint density at radius 2 is 1.74 bits per heavy atom. The fourth-order valence-corrected chi connectivity index (χ4v) is 6.55. The van der Waals surface area contributed by atoms with Crippen LogP contribution in [0, 0.1) is 6.92 Å². The molecule has 0 aliphatic heterocycles. The molecule has 0 N–H and O–H groups in total. The van der Waals surface area contributed by atoms with Crippen LogP contribution in [0.3, 0.4) is 0 Å². The molecule has 8 heteroatoms. The van der Waals surface area contributed by atoms with Crippen LogP contribution in [-0.2, 0) is 16.6 Å². The van der Waals surface area contributed by atoms with Gasteiger partial charge in [0.2, 0.25) is 0 Å². The summed E-state index contributed by atoms with van der Waals surface area (Å²) in [4.78, 5) is 22.8. The van der Waals surface area contributed by atoms with E-state index in [9.17, 15) is 4.79 Å². The van der Waals surface area contributed by atoms with Gasteiger partial charge in [-0.2, -0.15) is 5.10 Å². The van der Waals surface area contributed by atoms with Gasteiger partial charge in [-0.15, -0.1) is 11.3 Å². The molecule has 0 fully saturated rings. The van der Waals surface area contributed by atoms with Gasteiger partial charge in [0.05, 0.1) is 33.2 Å². The summed E-state index contributed by atoms with van der Waals surface area (Å²) in [7, 11) is 1.94. The summed E-state index contributed by atoms with van der Waals surface area (Å²) in [5.74, 6) is -0.0449. The van der Waals surface area contributed by atoms with E-state index in [-0.39, 0.29) is 5.78 Å². The lowest BCUT2D eigenvalue weighted by molar-refractivity contribution is -0.138. The summed E-state index contributed by atoms with van der Waals surface area (Å²) >= 11 is 7.88. The maximum Gasteiger partial charge on any atom is 0.163 e. The van der Waals surface area contributed by atoms with E-state index in [0.29, 0.717) is 5.02 Å². The maximum atomic E-state index is 13.1. The minimum absolute atomic E-state index is 0.0449. The molecule has 0 aliphatic carbocycles. The fraction of sp³-hybridized carbons (Fsp3) is 0.235. The zero-order chi connectivity index (χ0) is 29.8. The number of hydrogen-bond acceptors (Lipinski definition) is 6. The van der Waals surface area contributed by atoms with Crippen LogP contribution in [0.15, 0.2) is 73.1 Å². The van der Waals surface area contributed by atoms with Crippen molar-refractivity contribution in [3.8, 4) is 33.0 Å². The third kappa shape index (κ3) is 5.36. The molecule has 3 aromatic heterocycles. The van der Waals surface area contributed by atoms with Crippen LogP contribution >= 0.6 is 22.9 Å². The fourth-order valence-electron chi connectivity index (χ4n) is 5.30. The monoisotopic (exact) mass is 594 g/mol. The van der Waals surface area contributed by atoms with Crippen LogP contribution < -0.4 is 0 Å². The Morgan fingerprint density at radius 3 is 2.45 bits per heavy atom. The van der Waals surface area contributed by atoms with Gasteiger partial charge in [0.1, 0.15) is 11.1 Å². The zero-order valence-electron chi connectivity index (χ0n) is 24.4. The first-order valence-corrected chi connectivity index (χ1v) is 14.9. The molecule has 6 nitrogen and oxygen atoms in total. The molecule has 6 rings (SSSR count). The van der Waals surface area contributed by atoms with Gasteiger partial charge in [-0.05, 0) is 82.1 Å². The number of carbonyl (C=O) groups is 1. The molecule has 0 saturated heterocycles. The highest BCUT2D eigenvalue weighted by Crippen LogP contribution is 2.44. The van der Waals surface area contributed by atoms with Crippen molar-refractivity contribution in [2.45, 2.75) is 46.3 Å². The second-order valence-electron chi connectivity index (χ2n) is 11.5. The van der Waals surface area contributed by atoms with Gasteiger partial charge in [0, 0.05) is 45.9 Å². The summed E-state index contributed by atoms with van der Waals surface area (Å²) in [6.07, 6.45) is 2.96. The lowest BCUT2D eigenvalue weighted by Gasteiger charge is -2.29. The molecule has 3 heterocycles. The van der Waals surface area contributed by atoms with Crippen molar-refractivity contribution in [3.63, 3.8) is 0 Å². The van der Waals surface area contributed by atoms with Crippen LogP contribution in [0.4, 0.5) is 0 Å². The zero-order valence-corrected chi connectivity index (χ0v) is 26.0. The number of benzene rings is 3. The summed E-state index contributed by atoms with van der Waals surface area (Å²) in [6, 6.07) is 20.1. The molecule has 0 aliphatic rings. The molecule has 0 radical (unpaired) electrons. The Hall–Kier alpha value is -3.91. The minimum atomic E-state index is -0.722. The molecule has 1 atom stereocenters. The molecule has 6 aromatic rings. The van der Waals surface area contributed by atoms with Crippen molar-refractivity contribution in [3.05, 3.63) is 89.2 Å². The largest absolute Gasteiger partial charge is 0.360 e. The molecule has 3 aromatic carbocycles. The first-order valence-electron chi connectivity index (χ1n) is 13.8. The van der Waals surface area contributed by atoms with Crippen molar-refractivity contribution < 1.29 is 9.53 Å². The first kappa shape index (κ1) is 28.2. The SMILES string of the molecule is CC(=O)[C@@H](OC(C)(C)C)c1c(C)cc2nc(-c3ccnc(-c4ccc5cnn(C)c5c4)c3)sc2c1-c1ccc(Cl)cc1. The van der Waals surface area contributed by atoms with Gasteiger partial charge in [-0.3, -0.25) is 14.5 Å². The normalized spacial score (nSPS) is 12.7. The number of nitrogens with zero attached hydrogens (tertiary/aromatic N) is 4. The number of aromatic nitrogens is 4. The van der Waals surface area contributed by atoms with E-state index in [0.717, 1.165) is 65.2 Å². The van der Waals surface area contributed by atoms with Crippen molar-refractivity contribution in [1.82, 2.24) is 19.7 Å². The number of ketones is 1. The van der Waals surface area contributed by atoms with E-state index in [1.807, 2.05) is 82.1 Å². The Bertz CT molecular complexity index is 1970. The number of aryl methyl sites for hydroxylation is 2. The highest BCUT2D eigenvalue weighted by Gasteiger charge is 2.30. The van der Waals surface area contributed by atoms with E-state index >= 15 is 0 Å². The van der Waals surface area contributed by atoms with E-state index < -0.39 is 11.7 Å². The molecule has 0 saturated carbocycles. The van der Waals surface area contributed by atoms with Crippen LogP contribution in [0.1, 0.15) is 44.9 Å². The topological polar surface area (TPSA) is 69.9 Å². The third-order valence-electron chi connectivity index (χ3n) is 7.22. The quantitative estimate of drug-likeness (QED) is 0.192. The highest BCUT2D eigenvalue weighted by atomic mass is 35.5. The van der Waals surface area contributed by atoms with E-state index in [2.05, 4.69) is 40.4 Å². The summed E-state index contributed by atoms with van der Waals surface area (Å²) < 4.78 is 9.24. The van der Waals surface area contributed by atoms with Gasteiger partial charge in [-0.25, -0.2) is 4.98 Å². The molecule has 212 valence electrons. The summed E-state index contributed by atoms with van der Waals surface area (Å²) in [5, 5.41) is 6.98. The molecule has 0 spiro atoms. The number of ether oxygens (including phenoxy) is 1. The Balaban J connectivity index is 1.53. The van der Waals surface area contributed by atoms with Crippen molar-refractivity contribution in [2.75, 3.05) is 0 Å². The average molecular weight is 595 g/mol. The smallest absolute Gasteiger partial charge is 0.163 e. The van der Waals surface area contributed by atoms with Gasteiger partial charge >= 0.3 is 0 Å². The number of carbonyl (C=O) groups excluding carboxylic acids is 1. The first-order chi connectivity index (χ1) is 20.0. The number of fused-ring (bicyclic) bond motifs is 2. The molecule has 0 amide bonds.